The van der Waals surface area contributed by atoms with Gasteiger partial charge in [0.15, 0.2) is 17.1 Å². The van der Waals surface area contributed by atoms with Crippen LogP contribution in [0.25, 0.3) is 22.3 Å². The SMILES string of the molecule is CCCCc1c2c(nc3cc4c(c(N(C(=O)OCc5ccc(O[C@@H]6OC(C(=O)S(I)=BB=O)[C@@H](O)[C@H](O)C6O)c(NC(=O)CN(C)C(=O)OB(I)B=S)c5)C(=O)OC(C)(C)C)c13)OCO4)-c1cc3c(c(=O)n1C2)COC(=O)[C@]3(O)CC. The summed E-state index contributed by atoms with van der Waals surface area (Å²) in [4.78, 5) is 103. The van der Waals surface area contributed by atoms with Crippen LogP contribution in [-0.4, -0.2) is 151 Å². The monoisotopic (exact) mass is 1380 g/mol. The van der Waals surface area contributed by atoms with Crippen molar-refractivity contribution in [3.63, 3.8) is 0 Å². The fourth-order valence-electron chi connectivity index (χ4n) is 9.33. The van der Waals surface area contributed by atoms with Crippen molar-refractivity contribution in [3.05, 3.63) is 68.5 Å². The summed E-state index contributed by atoms with van der Waals surface area (Å²) >= 11 is 8.23. The smallest absolute Gasteiger partial charge is 0.424 e. The van der Waals surface area contributed by atoms with Crippen molar-refractivity contribution in [3.8, 4) is 28.6 Å². The first-order chi connectivity index (χ1) is 38.3. The summed E-state index contributed by atoms with van der Waals surface area (Å²) in [7, 11) is 0.221. The summed E-state index contributed by atoms with van der Waals surface area (Å²) in [5.74, 6) is -1.96. The van der Waals surface area contributed by atoms with Crippen LogP contribution in [0.5, 0.6) is 17.2 Å². The number of esters is 1. The van der Waals surface area contributed by atoms with E-state index in [4.69, 9.17) is 54.9 Å². The molecule has 426 valence electrons. The minimum Gasteiger partial charge on any atom is -0.458 e. The Hall–Kier alpha value is -5.29. The number of hydrogen-bond acceptors (Lipinski definition) is 22. The van der Waals surface area contributed by atoms with E-state index in [-0.39, 0.29) is 82.6 Å². The average molecular weight is 1380 g/mol. The number of hydrogen-bond donors (Lipinski definition) is 5. The molecule has 25 nitrogen and oxygen atoms in total. The Morgan fingerprint density at radius 2 is 1.77 bits per heavy atom. The van der Waals surface area contributed by atoms with Gasteiger partial charge in [-0.2, -0.15) is 4.90 Å². The molecule has 0 saturated carbocycles. The first kappa shape index (κ1) is 61.8. The van der Waals surface area contributed by atoms with Crippen LogP contribution in [0.15, 0.2) is 35.1 Å². The van der Waals surface area contributed by atoms with Crippen molar-refractivity contribution < 1.29 is 91.7 Å². The zero-order valence-corrected chi connectivity index (χ0v) is 50.1. The summed E-state index contributed by atoms with van der Waals surface area (Å²) in [6, 6.07) is 9.22. The number of aliphatic hydroxyl groups is 4. The van der Waals surface area contributed by atoms with Crippen LogP contribution in [0.2, 0.25) is 0 Å². The number of nitrogens with zero attached hydrogens (tertiary/aromatic N) is 4. The molecule has 4 aliphatic heterocycles. The third-order valence-electron chi connectivity index (χ3n) is 13.3. The first-order valence-electron chi connectivity index (χ1n) is 25.0. The van der Waals surface area contributed by atoms with Crippen molar-refractivity contribution in [1.29, 1.82) is 0 Å². The summed E-state index contributed by atoms with van der Waals surface area (Å²) in [6.07, 6.45) is -11.5. The number of halogens is 2. The van der Waals surface area contributed by atoms with Crippen LogP contribution in [0.4, 0.5) is 25.8 Å². The third-order valence-corrected chi connectivity index (χ3v) is 17.8. The standard InChI is InChI=1S/C48H51B4I2N5O20S2/c1-7-9-10-22-23-16-58-28(14-25-24(40(58)64)19-72-43(66)48(25,70)8-2)33(23)56-27-15-30-38(75-20-74-30)34(32(22)27)59(46(69)78-47(3,4)5)45(68)73-18-21-11-12-29(26(13-21)55-31(60)17-57(6)44(67)79-52(53)51-80)76-42-37(63)35(61)36(62)39(77-42)41(65)81(54)50-49-71/h11-15,35-37,39,42,61-63,70H,7-10,16-20H2,1-6H3,(H,55,60)/t35-,36-,37?,39?,42+,48-,81?/m0/s1. The van der Waals surface area contributed by atoms with Crippen molar-refractivity contribution >= 4 is 144 Å². The molecule has 1 fully saturated rings. The van der Waals surface area contributed by atoms with E-state index < -0.39 is 108 Å². The predicted octanol–water partition coefficient (Wildman–Crippen LogP) is 4.39. The van der Waals surface area contributed by atoms with E-state index in [0.717, 1.165) is 10.9 Å². The summed E-state index contributed by atoms with van der Waals surface area (Å²) in [5.41, 5.74) is -1.85. The van der Waals surface area contributed by atoms with Crippen LogP contribution in [0.3, 0.4) is 0 Å². The topological polar surface area (TPSA) is 328 Å². The van der Waals surface area contributed by atoms with Crippen LogP contribution < -0.4 is 30.0 Å². The number of aromatic nitrogens is 2. The molecule has 7 atom stereocenters. The minimum atomic E-state index is -2.10. The molecule has 6 heterocycles. The molecule has 0 spiro atoms. The zero-order valence-electron chi connectivity index (χ0n) is 44.1. The number of amides is 4. The van der Waals surface area contributed by atoms with Gasteiger partial charge in [0.1, 0.15) is 17.9 Å². The number of pyridine rings is 2. The molecule has 1 saturated heterocycles. The van der Waals surface area contributed by atoms with Gasteiger partial charge in [0.05, 0.1) is 29.0 Å². The quantitative estimate of drug-likeness (QED) is 0.0396. The Labute approximate surface area is 496 Å². The first-order valence-corrected chi connectivity index (χ1v) is 30.6. The van der Waals surface area contributed by atoms with Gasteiger partial charge in [-0.3, -0.25) is 4.79 Å². The number of carbonyl (C=O) groups is 6. The van der Waals surface area contributed by atoms with Gasteiger partial charge in [0, 0.05) is 22.6 Å². The molecule has 8 rings (SSSR count). The van der Waals surface area contributed by atoms with Crippen LogP contribution >= 0.6 is 63.1 Å². The second kappa shape index (κ2) is 25.3. The van der Waals surface area contributed by atoms with Gasteiger partial charge < -0.3 is 28.6 Å². The second-order valence-corrected chi connectivity index (χ2v) is 25.4. The number of rotatable bonds is 16. The Kier molecular flexibility index (Phi) is 19.3. The molecule has 2 aromatic carbocycles. The maximum Gasteiger partial charge on any atom is 0.424 e. The summed E-state index contributed by atoms with van der Waals surface area (Å²) < 4.78 is 57.6. The molecule has 0 radical (unpaired) electrons. The molecule has 5 N–H and O–H groups in total. The van der Waals surface area contributed by atoms with E-state index in [9.17, 15) is 58.7 Å². The third kappa shape index (κ3) is 12.6. The summed E-state index contributed by atoms with van der Waals surface area (Å²) in [6.45, 7) is 6.34. The predicted molar refractivity (Wildman–Crippen MR) is 312 cm³/mol. The number of likely N-dealkylation sites (N-methyl/N-ethyl adjacent to an activating group) is 1. The van der Waals surface area contributed by atoms with Crippen LogP contribution in [-0.2, 0) is 74.5 Å². The van der Waals surface area contributed by atoms with Crippen molar-refractivity contribution in [1.82, 2.24) is 14.5 Å². The van der Waals surface area contributed by atoms with Gasteiger partial charge in [0.2, 0.25) is 6.79 Å². The fourth-order valence-corrected chi connectivity index (χ4v) is 11.4. The fraction of sp³-hybridized carbons (Fsp3) is 0.458. The van der Waals surface area contributed by atoms with Gasteiger partial charge >= 0.3 is 272 Å². The molecule has 4 aromatic rings. The van der Waals surface area contributed by atoms with Crippen molar-refractivity contribution in [2.45, 2.75) is 122 Å². The van der Waals surface area contributed by atoms with E-state index in [1.165, 1.54) is 35.9 Å². The number of benzene rings is 2. The Bertz CT molecular complexity index is 3370. The molecule has 33 heteroatoms. The number of carbonyl (C=O) groups excluding carboxylic acids is 6. The van der Waals surface area contributed by atoms with Crippen molar-refractivity contribution in [2.24, 2.45) is 0 Å². The second-order valence-electron chi connectivity index (χ2n) is 19.8. The minimum absolute atomic E-state index is 0.0277. The van der Waals surface area contributed by atoms with E-state index in [1.807, 2.05) is 6.92 Å². The number of ether oxygens (including phenoxy) is 7. The number of aryl methyl sites for hydroxylation is 1. The van der Waals surface area contributed by atoms with Gasteiger partial charge in [-0.1, -0.05) is 20.3 Å². The van der Waals surface area contributed by atoms with E-state index in [1.54, 1.807) is 83.4 Å². The number of anilines is 2. The van der Waals surface area contributed by atoms with E-state index >= 15 is 0 Å². The number of fused-ring (bicyclic) bond motifs is 6. The Morgan fingerprint density at radius 1 is 1.02 bits per heavy atom. The van der Waals surface area contributed by atoms with E-state index in [0.29, 0.717) is 53.7 Å². The Morgan fingerprint density at radius 3 is 2.44 bits per heavy atom. The van der Waals surface area contributed by atoms with Crippen molar-refractivity contribution in [2.75, 3.05) is 30.6 Å². The molecule has 4 aliphatic rings. The number of aliphatic hydroxyl groups excluding tert-OH is 3. The van der Waals surface area contributed by atoms with Gasteiger partial charge in [-0.25, -0.2) is 19.4 Å². The number of nitrogens with one attached hydrogen (secondary N) is 1. The van der Waals surface area contributed by atoms with E-state index in [2.05, 4.69) is 5.32 Å². The molecule has 4 amide bonds. The summed E-state index contributed by atoms with van der Waals surface area (Å²) in [5, 5.41) is 46.2. The molecular weight excluding hydrogens is 1330 g/mol. The van der Waals surface area contributed by atoms with Gasteiger partial charge in [0.25, 0.3) is 5.56 Å². The molecule has 0 bridgehead atoms. The number of imide groups is 1. The average Bonchev–Trinajstić information content (AvgIpc) is 4.20. The molecule has 2 aromatic heterocycles. The van der Waals surface area contributed by atoms with Crippen LogP contribution in [0.1, 0.15) is 81.7 Å². The zero-order chi connectivity index (χ0) is 59.0. The maximum absolute atomic E-state index is 15.0. The van der Waals surface area contributed by atoms with Gasteiger partial charge in [-0.05, 0) is 51.7 Å². The van der Waals surface area contributed by atoms with Crippen LogP contribution in [0, 0.1) is 0 Å². The number of cyclic esters (lactones) is 1. The maximum atomic E-state index is 15.0. The molecular formula is C48H51B4I2N5O20S2. The molecule has 81 heavy (non-hydrogen) atoms. The molecule has 0 aliphatic carbocycles. The largest absolute Gasteiger partial charge is 0.458 e. The number of unbranched alkanes of at least 4 members (excludes halogenated alkanes) is 1. The Balaban J connectivity index is 1.19. The normalized spacial score (nSPS) is 20.7. The van der Waals surface area contributed by atoms with Gasteiger partial charge in [-0.15, -0.1) is 0 Å². The molecule has 3 unspecified atom stereocenters.